The second-order valence-electron chi connectivity index (χ2n) is 3.75. The van der Waals surface area contributed by atoms with Gasteiger partial charge < -0.3 is 15.5 Å². The summed E-state index contributed by atoms with van der Waals surface area (Å²) < 4.78 is 0. The largest absolute Gasteiger partial charge is 0.317 e. The zero-order valence-electron chi connectivity index (χ0n) is 9.68. The number of rotatable bonds is 10. The molecular weight excluding hydrogens is 174 g/mol. The maximum absolute atomic E-state index is 3.65. The van der Waals surface area contributed by atoms with Gasteiger partial charge in [0.25, 0.3) is 0 Å². The van der Waals surface area contributed by atoms with Gasteiger partial charge in [-0.05, 0) is 53.1 Å². The maximum Gasteiger partial charge on any atom is 0.0132 e. The predicted octanol–water partition coefficient (Wildman–Crippen LogP) is 0.693. The molecule has 0 aliphatic carbocycles. The molecule has 0 fully saturated rings. The first kappa shape index (κ1) is 13.6. The van der Waals surface area contributed by atoms with E-state index >= 15 is 0 Å². The van der Waals surface area contributed by atoms with Crippen molar-refractivity contribution in [1.82, 2.24) is 15.5 Å². The molecule has 0 aromatic carbocycles. The first-order chi connectivity index (χ1) is 6.77. The fourth-order valence-electron chi connectivity index (χ4n) is 1.19. The van der Waals surface area contributed by atoms with Crippen LogP contribution in [-0.4, -0.2) is 51.7 Å². The quantitative estimate of drug-likeness (QED) is 0.400. The number of nitrogens with zero attached hydrogens (tertiary/aromatic N) is 1. The Labute approximate surface area is 88.6 Å². The summed E-state index contributed by atoms with van der Waals surface area (Å²) in [6.45, 7) is 9.05. The predicted molar refractivity (Wildman–Crippen MR) is 63.7 cm³/mol. The molecule has 84 valence electrons. The van der Waals surface area contributed by atoms with Crippen LogP contribution < -0.4 is 10.6 Å². The summed E-state index contributed by atoms with van der Waals surface area (Å²) in [5.74, 6) is 0. The van der Waals surface area contributed by atoms with Gasteiger partial charge in [0, 0.05) is 6.54 Å². The van der Waals surface area contributed by atoms with E-state index in [1.165, 1.54) is 19.4 Å². The molecule has 0 spiro atoms. The lowest BCUT2D eigenvalue weighted by atomic mass is 10.3. The lowest BCUT2D eigenvalue weighted by Gasteiger charge is -2.09. The average molecular weight is 199 g/mol. The van der Waals surface area contributed by atoms with E-state index in [9.17, 15) is 0 Å². The van der Waals surface area contributed by atoms with E-state index in [0.29, 0.717) is 0 Å². The van der Waals surface area contributed by atoms with Crippen molar-refractivity contribution in [3.05, 3.63) is 12.7 Å². The minimum atomic E-state index is 0.917. The van der Waals surface area contributed by atoms with Crippen LogP contribution in [0.3, 0.4) is 0 Å². The topological polar surface area (TPSA) is 27.3 Å². The van der Waals surface area contributed by atoms with Crippen LogP contribution in [0.5, 0.6) is 0 Å². The molecule has 0 radical (unpaired) electrons. The summed E-state index contributed by atoms with van der Waals surface area (Å²) in [5.41, 5.74) is 0. The average Bonchev–Trinajstić information content (AvgIpc) is 2.15. The van der Waals surface area contributed by atoms with Crippen molar-refractivity contribution in [2.75, 3.05) is 46.8 Å². The number of hydrogen-bond donors (Lipinski definition) is 2. The Morgan fingerprint density at radius 2 is 1.71 bits per heavy atom. The van der Waals surface area contributed by atoms with Crippen molar-refractivity contribution in [2.45, 2.75) is 12.8 Å². The molecule has 0 saturated carbocycles. The highest BCUT2D eigenvalue weighted by Gasteiger charge is 1.90. The van der Waals surface area contributed by atoms with Crippen LogP contribution >= 0.6 is 0 Å². The molecule has 3 nitrogen and oxygen atoms in total. The molecule has 14 heavy (non-hydrogen) atoms. The molecule has 2 N–H and O–H groups in total. The Balaban J connectivity index is 2.88. The van der Waals surface area contributed by atoms with E-state index in [1.807, 2.05) is 6.08 Å². The normalized spacial score (nSPS) is 10.8. The molecule has 0 bridgehead atoms. The van der Waals surface area contributed by atoms with Crippen LogP contribution in [0.15, 0.2) is 12.7 Å². The van der Waals surface area contributed by atoms with E-state index in [1.54, 1.807) is 0 Å². The summed E-state index contributed by atoms with van der Waals surface area (Å²) in [4.78, 5) is 2.22. The van der Waals surface area contributed by atoms with E-state index in [-0.39, 0.29) is 0 Å². The van der Waals surface area contributed by atoms with Crippen LogP contribution in [0.2, 0.25) is 0 Å². The third-order valence-corrected chi connectivity index (χ3v) is 1.95. The van der Waals surface area contributed by atoms with Crippen molar-refractivity contribution in [2.24, 2.45) is 0 Å². The second kappa shape index (κ2) is 10.7. The Morgan fingerprint density at radius 3 is 2.36 bits per heavy atom. The van der Waals surface area contributed by atoms with Crippen molar-refractivity contribution >= 4 is 0 Å². The van der Waals surface area contributed by atoms with Gasteiger partial charge >= 0.3 is 0 Å². The van der Waals surface area contributed by atoms with Gasteiger partial charge in [0.05, 0.1) is 0 Å². The van der Waals surface area contributed by atoms with E-state index in [0.717, 1.165) is 26.2 Å². The molecule has 0 heterocycles. The van der Waals surface area contributed by atoms with Crippen LogP contribution in [0.1, 0.15) is 12.8 Å². The highest BCUT2D eigenvalue weighted by Crippen LogP contribution is 1.81. The Hall–Kier alpha value is -0.380. The second-order valence-corrected chi connectivity index (χ2v) is 3.75. The van der Waals surface area contributed by atoms with Crippen molar-refractivity contribution in [1.29, 1.82) is 0 Å². The van der Waals surface area contributed by atoms with E-state index in [2.05, 4.69) is 36.2 Å². The van der Waals surface area contributed by atoms with Crippen molar-refractivity contribution in [3.8, 4) is 0 Å². The molecule has 0 unspecified atom stereocenters. The smallest absolute Gasteiger partial charge is 0.0132 e. The summed E-state index contributed by atoms with van der Waals surface area (Å²) in [6.07, 6.45) is 4.31. The fraction of sp³-hybridized carbons (Fsp3) is 0.818. The summed E-state index contributed by atoms with van der Waals surface area (Å²) in [5, 5.41) is 6.70. The maximum atomic E-state index is 3.65. The van der Waals surface area contributed by atoms with Gasteiger partial charge in [-0.2, -0.15) is 0 Å². The monoisotopic (exact) mass is 199 g/mol. The van der Waals surface area contributed by atoms with Crippen LogP contribution in [0, 0.1) is 0 Å². The van der Waals surface area contributed by atoms with E-state index < -0.39 is 0 Å². The third-order valence-electron chi connectivity index (χ3n) is 1.95. The Bertz CT molecular complexity index is 124. The molecular formula is C11H25N3. The minimum Gasteiger partial charge on any atom is -0.317 e. The third kappa shape index (κ3) is 11.6. The SMILES string of the molecule is C=CCNCCCNCCCN(C)C. The van der Waals surface area contributed by atoms with Crippen LogP contribution in [-0.2, 0) is 0 Å². The zero-order chi connectivity index (χ0) is 10.6. The number of nitrogens with one attached hydrogen (secondary N) is 2. The van der Waals surface area contributed by atoms with Crippen molar-refractivity contribution < 1.29 is 0 Å². The minimum absolute atomic E-state index is 0.917. The molecule has 0 rings (SSSR count). The van der Waals surface area contributed by atoms with Gasteiger partial charge in [0.2, 0.25) is 0 Å². The number of hydrogen-bond acceptors (Lipinski definition) is 3. The lowest BCUT2D eigenvalue weighted by Crippen LogP contribution is -2.24. The molecule has 0 aromatic heterocycles. The van der Waals surface area contributed by atoms with Gasteiger partial charge in [-0.25, -0.2) is 0 Å². The highest BCUT2D eigenvalue weighted by molar-refractivity contribution is 4.69. The van der Waals surface area contributed by atoms with Gasteiger partial charge in [0.15, 0.2) is 0 Å². The molecule has 0 saturated heterocycles. The molecule has 3 heteroatoms. The standard InChI is InChI=1S/C11H25N3/c1-4-7-12-8-5-9-13-10-6-11-14(2)3/h4,12-13H,1,5-11H2,2-3H3. The Morgan fingerprint density at radius 1 is 1.07 bits per heavy atom. The summed E-state index contributed by atoms with van der Waals surface area (Å²) in [7, 11) is 4.22. The van der Waals surface area contributed by atoms with Gasteiger partial charge in [-0.3, -0.25) is 0 Å². The summed E-state index contributed by atoms with van der Waals surface area (Å²) >= 11 is 0. The molecule has 0 aliphatic heterocycles. The summed E-state index contributed by atoms with van der Waals surface area (Å²) in [6, 6.07) is 0. The first-order valence-corrected chi connectivity index (χ1v) is 5.44. The molecule has 0 amide bonds. The van der Waals surface area contributed by atoms with Gasteiger partial charge in [-0.15, -0.1) is 6.58 Å². The van der Waals surface area contributed by atoms with Crippen LogP contribution in [0.25, 0.3) is 0 Å². The molecule has 0 aromatic rings. The van der Waals surface area contributed by atoms with Crippen LogP contribution in [0.4, 0.5) is 0 Å². The fourth-order valence-corrected chi connectivity index (χ4v) is 1.19. The van der Waals surface area contributed by atoms with E-state index in [4.69, 9.17) is 0 Å². The first-order valence-electron chi connectivity index (χ1n) is 5.44. The van der Waals surface area contributed by atoms with Crippen molar-refractivity contribution in [3.63, 3.8) is 0 Å². The highest BCUT2D eigenvalue weighted by atomic mass is 15.1. The Kier molecular flexibility index (Phi) is 10.4. The van der Waals surface area contributed by atoms with Gasteiger partial charge in [0.1, 0.15) is 0 Å². The zero-order valence-corrected chi connectivity index (χ0v) is 9.68. The molecule has 0 aliphatic rings. The lowest BCUT2D eigenvalue weighted by molar-refractivity contribution is 0.394. The molecule has 0 atom stereocenters. The van der Waals surface area contributed by atoms with Gasteiger partial charge in [-0.1, -0.05) is 6.08 Å².